The molecular formula is C35H61N5O9. The molecule has 0 bridgehead atoms. The van der Waals surface area contributed by atoms with Crippen LogP contribution in [-0.4, -0.2) is 121 Å². The molecule has 3 rings (SSSR count). The standard InChI is InChI=1S/C35H61N5O9/c1-11-27-35(7)30(40(33(44)49-35)17-13-12-16-37-38-36)22(3)15-14-21(2)20-34(6,45-10)31(24(5)26(41)19-28(42)47-27)48-32-29(43)25(39(8)9)18-23(4)46-32/h21-25,27,29-32,43H,11-20H2,1-10H3/t21-,22-,23?,24-,25?,27+,29?,30+,31+,32?,34+,35+/m0/s1. The molecule has 0 radical (unpaired) electrons. The summed E-state index contributed by atoms with van der Waals surface area (Å²) in [7, 11) is 5.39. The van der Waals surface area contributed by atoms with Crippen LogP contribution in [0.25, 0.3) is 10.4 Å². The lowest BCUT2D eigenvalue weighted by atomic mass is 9.76. The number of hydrogen-bond donors (Lipinski definition) is 1. The van der Waals surface area contributed by atoms with Crippen LogP contribution in [0.1, 0.15) is 99.8 Å². The van der Waals surface area contributed by atoms with Crippen molar-refractivity contribution in [3.05, 3.63) is 10.4 Å². The number of cyclic esters (lactones) is 1. The fourth-order valence-electron chi connectivity index (χ4n) is 8.28. The van der Waals surface area contributed by atoms with Gasteiger partial charge in [-0.3, -0.25) is 9.59 Å². The minimum absolute atomic E-state index is 0.0365. The van der Waals surface area contributed by atoms with Crippen molar-refractivity contribution in [3.63, 3.8) is 0 Å². The minimum Gasteiger partial charge on any atom is -0.458 e. The van der Waals surface area contributed by atoms with Crippen LogP contribution in [-0.2, 0) is 33.3 Å². The molecule has 0 spiro atoms. The molecule has 3 aliphatic rings. The van der Waals surface area contributed by atoms with Crippen LogP contribution in [0, 0.1) is 17.8 Å². The van der Waals surface area contributed by atoms with Gasteiger partial charge in [0.1, 0.15) is 24.4 Å². The van der Waals surface area contributed by atoms with E-state index in [-0.39, 0.29) is 24.0 Å². The van der Waals surface area contributed by atoms with Crippen molar-refractivity contribution in [1.29, 1.82) is 0 Å². The smallest absolute Gasteiger partial charge is 0.410 e. The third kappa shape index (κ3) is 9.65. The van der Waals surface area contributed by atoms with Crippen LogP contribution in [0.3, 0.4) is 0 Å². The predicted octanol–water partition coefficient (Wildman–Crippen LogP) is 5.25. The highest BCUT2D eigenvalue weighted by atomic mass is 16.7. The van der Waals surface area contributed by atoms with E-state index in [2.05, 4.69) is 23.9 Å². The topological polar surface area (TPSA) is 173 Å². The van der Waals surface area contributed by atoms with Crippen molar-refractivity contribution >= 4 is 17.8 Å². The fourth-order valence-corrected chi connectivity index (χ4v) is 8.28. The van der Waals surface area contributed by atoms with Gasteiger partial charge in [-0.25, -0.2) is 4.79 Å². The number of carbonyl (C=O) groups excluding carboxylic acids is 3. The molecule has 3 aliphatic heterocycles. The Kier molecular flexibility index (Phi) is 14.7. The molecule has 0 aromatic rings. The summed E-state index contributed by atoms with van der Waals surface area (Å²) in [5.74, 6) is -1.84. The summed E-state index contributed by atoms with van der Waals surface area (Å²) >= 11 is 0. The van der Waals surface area contributed by atoms with Gasteiger partial charge in [0.2, 0.25) is 0 Å². The van der Waals surface area contributed by atoms with Crippen LogP contribution in [0.2, 0.25) is 0 Å². The number of hydrogen-bond acceptors (Lipinski definition) is 11. The number of aliphatic hydroxyl groups excluding tert-OH is 1. The Hall–Kier alpha value is -2.48. The molecule has 0 aliphatic carbocycles. The Morgan fingerprint density at radius 2 is 1.82 bits per heavy atom. The monoisotopic (exact) mass is 695 g/mol. The molecule has 0 aromatic heterocycles. The molecule has 4 unspecified atom stereocenters. The summed E-state index contributed by atoms with van der Waals surface area (Å²) < 4.78 is 31.0. The number of amides is 1. The van der Waals surface area contributed by atoms with Crippen LogP contribution < -0.4 is 0 Å². The summed E-state index contributed by atoms with van der Waals surface area (Å²) in [6, 6.07) is -0.608. The quantitative estimate of drug-likeness (QED) is 0.0795. The first-order chi connectivity index (χ1) is 23.0. The number of azide groups is 1. The summed E-state index contributed by atoms with van der Waals surface area (Å²) in [6.45, 7) is 14.2. The van der Waals surface area contributed by atoms with E-state index in [1.54, 1.807) is 18.9 Å². The Bertz CT molecular complexity index is 1180. The highest BCUT2D eigenvalue weighted by Crippen LogP contribution is 2.43. The molecule has 12 atom stereocenters. The minimum atomic E-state index is -1.15. The first-order valence-electron chi connectivity index (χ1n) is 18.0. The second-order valence-electron chi connectivity index (χ2n) is 15.2. The number of rotatable bonds is 10. The van der Waals surface area contributed by atoms with Crippen molar-refractivity contribution in [2.24, 2.45) is 22.9 Å². The maximum Gasteiger partial charge on any atom is 0.410 e. The fraction of sp³-hybridized carbons (Fsp3) is 0.914. The van der Waals surface area contributed by atoms with E-state index in [4.69, 9.17) is 29.2 Å². The number of ether oxygens (including phenoxy) is 5. The Balaban J connectivity index is 1.98. The zero-order valence-corrected chi connectivity index (χ0v) is 31.3. The van der Waals surface area contributed by atoms with Crippen molar-refractivity contribution in [3.8, 4) is 0 Å². The van der Waals surface area contributed by atoms with Crippen molar-refractivity contribution in [2.45, 2.75) is 154 Å². The molecule has 1 amide bonds. The summed E-state index contributed by atoms with van der Waals surface area (Å²) in [5.41, 5.74) is 6.51. The molecular weight excluding hydrogens is 634 g/mol. The van der Waals surface area contributed by atoms with Gasteiger partial charge in [0.05, 0.1) is 23.9 Å². The number of nitrogens with zero attached hydrogens (tertiary/aromatic N) is 5. The SMILES string of the molecule is CC[C@H]1OC(=O)CC(=O)[C@H](C)[C@@H](OC2OC(C)CC(N(C)C)C2O)[C@](C)(OC)C[C@@H](C)CC[C@H](C)[C@H]2N(CCCCN=[N+]=[N-])C(=O)O[C@]12C. The Morgan fingerprint density at radius 3 is 2.43 bits per heavy atom. The normalized spacial score (nSPS) is 39.8. The number of ketones is 1. The van der Waals surface area contributed by atoms with Gasteiger partial charge in [0.25, 0.3) is 0 Å². The second-order valence-corrected chi connectivity index (χ2v) is 15.2. The maximum absolute atomic E-state index is 13.9. The van der Waals surface area contributed by atoms with Crippen molar-refractivity contribution in [1.82, 2.24) is 9.80 Å². The molecule has 14 nitrogen and oxygen atoms in total. The van der Waals surface area contributed by atoms with Crippen molar-refractivity contribution < 1.29 is 43.2 Å². The molecule has 280 valence electrons. The number of fused-ring (bicyclic) bond motifs is 1. The molecule has 3 heterocycles. The summed E-state index contributed by atoms with van der Waals surface area (Å²) in [5, 5.41) is 14.9. The second kappa shape index (κ2) is 17.6. The van der Waals surface area contributed by atoms with E-state index in [9.17, 15) is 19.5 Å². The van der Waals surface area contributed by atoms with Gasteiger partial charge in [-0.05, 0) is 90.8 Å². The highest BCUT2D eigenvalue weighted by Gasteiger charge is 2.58. The molecule has 3 fully saturated rings. The van der Waals surface area contributed by atoms with Gasteiger partial charge in [-0.15, -0.1) is 0 Å². The van der Waals surface area contributed by atoms with Gasteiger partial charge in [-0.2, -0.15) is 0 Å². The number of Topliss-reactive ketones (excluding diaryl/α,β-unsaturated/α-hetero) is 1. The van der Waals surface area contributed by atoms with Gasteiger partial charge in [0, 0.05) is 37.1 Å². The van der Waals surface area contributed by atoms with Gasteiger partial charge < -0.3 is 38.6 Å². The summed E-state index contributed by atoms with van der Waals surface area (Å²) in [6.07, 6.45) is -0.513. The highest BCUT2D eigenvalue weighted by molar-refractivity contribution is 5.97. The number of aliphatic hydroxyl groups is 1. The van der Waals surface area contributed by atoms with E-state index in [0.29, 0.717) is 45.2 Å². The molecule has 0 saturated carbocycles. The van der Waals surface area contributed by atoms with E-state index >= 15 is 0 Å². The number of carbonyl (C=O) groups is 3. The van der Waals surface area contributed by atoms with E-state index in [1.165, 1.54) is 0 Å². The molecule has 1 N–H and O–H groups in total. The first-order valence-corrected chi connectivity index (χ1v) is 18.0. The maximum atomic E-state index is 13.9. The Morgan fingerprint density at radius 1 is 1.12 bits per heavy atom. The lowest BCUT2D eigenvalue weighted by Crippen LogP contribution is -2.58. The van der Waals surface area contributed by atoms with Crippen LogP contribution in [0.5, 0.6) is 0 Å². The third-order valence-corrected chi connectivity index (χ3v) is 11.0. The number of likely N-dealkylation sites (N-methyl/N-ethyl adjacent to an activating group) is 1. The number of unbranched alkanes of at least 4 members (excludes halogenated alkanes) is 1. The van der Waals surface area contributed by atoms with Crippen LogP contribution in [0.4, 0.5) is 4.79 Å². The van der Waals surface area contributed by atoms with E-state index in [1.807, 2.05) is 46.7 Å². The van der Waals surface area contributed by atoms with E-state index < -0.39 is 72.0 Å². The lowest BCUT2D eigenvalue weighted by Gasteiger charge is -2.46. The zero-order chi connectivity index (χ0) is 36.7. The van der Waals surface area contributed by atoms with Crippen molar-refractivity contribution in [2.75, 3.05) is 34.3 Å². The van der Waals surface area contributed by atoms with Crippen LogP contribution in [0.15, 0.2) is 5.11 Å². The molecule has 3 saturated heterocycles. The largest absolute Gasteiger partial charge is 0.458 e. The zero-order valence-electron chi connectivity index (χ0n) is 31.3. The molecule has 0 aromatic carbocycles. The van der Waals surface area contributed by atoms with Crippen LogP contribution >= 0.6 is 0 Å². The van der Waals surface area contributed by atoms with Gasteiger partial charge in [0.15, 0.2) is 11.9 Å². The molecule has 14 heteroatoms. The third-order valence-electron chi connectivity index (χ3n) is 11.0. The first kappa shape index (κ1) is 40.9. The molecule has 49 heavy (non-hydrogen) atoms. The number of methoxy groups -OCH3 is 1. The average Bonchev–Trinajstić information content (AvgIpc) is 3.30. The van der Waals surface area contributed by atoms with E-state index in [0.717, 1.165) is 12.8 Å². The Labute approximate surface area is 292 Å². The number of esters is 1. The van der Waals surface area contributed by atoms with Gasteiger partial charge in [-0.1, -0.05) is 39.2 Å². The lowest BCUT2D eigenvalue weighted by molar-refractivity contribution is -0.295. The summed E-state index contributed by atoms with van der Waals surface area (Å²) in [4.78, 5) is 47.3. The van der Waals surface area contributed by atoms with Gasteiger partial charge >= 0.3 is 12.1 Å². The predicted molar refractivity (Wildman–Crippen MR) is 182 cm³/mol. The average molecular weight is 696 g/mol.